The number of thiazole rings is 1. The Hall–Kier alpha value is -1.95. The summed E-state index contributed by atoms with van der Waals surface area (Å²) in [6, 6.07) is 6.58. The molecule has 1 aromatic heterocycles. The second-order valence-corrected chi connectivity index (χ2v) is 7.08. The third-order valence-electron chi connectivity index (χ3n) is 4.04. The van der Waals surface area contributed by atoms with Crippen LogP contribution < -0.4 is 5.32 Å². The number of benzene rings is 1. The molecule has 2 amide bonds. The lowest BCUT2D eigenvalue weighted by molar-refractivity contribution is 0.206. The summed E-state index contributed by atoms with van der Waals surface area (Å²) in [5.41, 5.74) is 1.08. The monoisotopic (exact) mass is 333 g/mol. The van der Waals surface area contributed by atoms with Crippen LogP contribution in [0.15, 0.2) is 30.5 Å². The molecule has 2 atom stereocenters. The molecule has 6 heteroatoms. The number of amides is 2. The van der Waals surface area contributed by atoms with Gasteiger partial charge in [0, 0.05) is 30.1 Å². The topological polar surface area (TPSA) is 45.2 Å². The van der Waals surface area contributed by atoms with Gasteiger partial charge < -0.3 is 10.2 Å². The molecule has 1 N–H and O–H groups in total. The largest absolute Gasteiger partial charge is 0.335 e. The van der Waals surface area contributed by atoms with Gasteiger partial charge in [-0.15, -0.1) is 11.3 Å². The van der Waals surface area contributed by atoms with Crippen LogP contribution in [0.3, 0.4) is 0 Å². The number of aryl methyl sites for hydroxylation is 1. The van der Waals surface area contributed by atoms with E-state index in [2.05, 4.69) is 17.2 Å². The standard InChI is InChI=1S/C17H20FN3OS/c1-3-16-19-9-13(23-16)10-21(2)17(22)20-15-8-14(15)11-4-6-12(18)7-5-11/h4-7,9,14-15H,3,8,10H2,1-2H3,(H,20,22)/t14-,15+/m0/s1. The van der Waals surface area contributed by atoms with Crippen molar-refractivity contribution in [3.63, 3.8) is 0 Å². The van der Waals surface area contributed by atoms with Crippen LogP contribution in [-0.2, 0) is 13.0 Å². The van der Waals surface area contributed by atoms with E-state index in [1.54, 1.807) is 35.4 Å². The van der Waals surface area contributed by atoms with Gasteiger partial charge in [0.2, 0.25) is 0 Å². The Morgan fingerprint density at radius 3 is 2.83 bits per heavy atom. The number of aromatic nitrogens is 1. The lowest BCUT2D eigenvalue weighted by atomic mass is 10.1. The molecule has 1 aromatic carbocycles. The summed E-state index contributed by atoms with van der Waals surface area (Å²) >= 11 is 1.64. The Labute approximate surface area is 139 Å². The average molecular weight is 333 g/mol. The number of urea groups is 1. The summed E-state index contributed by atoms with van der Waals surface area (Å²) in [5.74, 6) is 0.0637. The van der Waals surface area contributed by atoms with E-state index in [-0.39, 0.29) is 17.9 Å². The molecule has 1 aliphatic rings. The smallest absolute Gasteiger partial charge is 0.317 e. The van der Waals surface area contributed by atoms with E-state index < -0.39 is 0 Å². The highest BCUT2D eigenvalue weighted by Gasteiger charge is 2.39. The maximum Gasteiger partial charge on any atom is 0.317 e. The van der Waals surface area contributed by atoms with Crippen LogP contribution >= 0.6 is 11.3 Å². The zero-order valence-electron chi connectivity index (χ0n) is 13.3. The molecular weight excluding hydrogens is 313 g/mol. The second-order valence-electron chi connectivity index (χ2n) is 5.88. The molecule has 0 bridgehead atoms. The van der Waals surface area contributed by atoms with E-state index in [4.69, 9.17) is 0 Å². The zero-order valence-corrected chi connectivity index (χ0v) is 14.1. The Morgan fingerprint density at radius 1 is 1.43 bits per heavy atom. The maximum absolute atomic E-state index is 12.9. The first-order chi connectivity index (χ1) is 11.1. The van der Waals surface area contributed by atoms with E-state index >= 15 is 0 Å². The summed E-state index contributed by atoms with van der Waals surface area (Å²) in [4.78, 5) is 19.3. The van der Waals surface area contributed by atoms with Crippen LogP contribution in [0.2, 0.25) is 0 Å². The number of rotatable bonds is 5. The quantitative estimate of drug-likeness (QED) is 0.909. The third-order valence-corrected chi connectivity index (χ3v) is 5.17. The molecule has 2 aromatic rings. The highest BCUT2D eigenvalue weighted by molar-refractivity contribution is 7.11. The Kier molecular flexibility index (Phi) is 4.61. The van der Waals surface area contributed by atoms with Crippen molar-refractivity contribution < 1.29 is 9.18 Å². The molecule has 4 nitrogen and oxygen atoms in total. The molecular formula is C17H20FN3OS. The van der Waals surface area contributed by atoms with Crippen molar-refractivity contribution in [2.45, 2.75) is 38.3 Å². The van der Waals surface area contributed by atoms with Gasteiger partial charge in [-0.05, 0) is 30.5 Å². The van der Waals surface area contributed by atoms with Crippen LogP contribution in [0.25, 0.3) is 0 Å². The van der Waals surface area contributed by atoms with Gasteiger partial charge in [0.15, 0.2) is 0 Å². The number of nitrogens with one attached hydrogen (secondary N) is 1. The highest BCUT2D eigenvalue weighted by atomic mass is 32.1. The lowest BCUT2D eigenvalue weighted by Crippen LogP contribution is -2.38. The molecule has 0 aliphatic heterocycles. The van der Waals surface area contributed by atoms with Gasteiger partial charge in [-0.3, -0.25) is 0 Å². The number of nitrogens with zero attached hydrogens (tertiary/aromatic N) is 2. The SMILES string of the molecule is CCc1ncc(CN(C)C(=O)N[C@@H]2C[C@H]2c2ccc(F)cc2)s1. The molecule has 0 saturated heterocycles. The molecule has 1 aliphatic carbocycles. The lowest BCUT2D eigenvalue weighted by Gasteiger charge is -2.17. The minimum Gasteiger partial charge on any atom is -0.335 e. The van der Waals surface area contributed by atoms with Gasteiger partial charge in [-0.1, -0.05) is 19.1 Å². The van der Waals surface area contributed by atoms with Crippen molar-refractivity contribution in [2.75, 3.05) is 7.05 Å². The Bertz CT molecular complexity index is 685. The fraction of sp³-hybridized carbons (Fsp3) is 0.412. The minimum atomic E-state index is -0.231. The molecule has 0 unspecified atom stereocenters. The number of halogens is 1. The summed E-state index contributed by atoms with van der Waals surface area (Å²) in [6.07, 6.45) is 3.67. The van der Waals surface area contributed by atoms with E-state index in [1.165, 1.54) is 12.1 Å². The summed E-state index contributed by atoms with van der Waals surface area (Å²) in [7, 11) is 1.79. The van der Waals surface area contributed by atoms with Gasteiger partial charge in [0.05, 0.1) is 11.6 Å². The average Bonchev–Trinajstić information content (AvgIpc) is 3.15. The van der Waals surface area contributed by atoms with Crippen LogP contribution in [-0.4, -0.2) is 29.0 Å². The summed E-state index contributed by atoms with van der Waals surface area (Å²) in [6.45, 7) is 2.64. The molecule has 0 radical (unpaired) electrons. The Morgan fingerprint density at radius 2 is 2.17 bits per heavy atom. The number of carbonyl (C=O) groups excluding carboxylic acids is 1. The van der Waals surface area contributed by atoms with E-state index in [0.29, 0.717) is 12.5 Å². The molecule has 0 spiro atoms. The van der Waals surface area contributed by atoms with Crippen LogP contribution in [0.4, 0.5) is 9.18 Å². The van der Waals surface area contributed by atoms with Crippen molar-refractivity contribution in [3.8, 4) is 0 Å². The van der Waals surface area contributed by atoms with E-state index in [9.17, 15) is 9.18 Å². The van der Waals surface area contributed by atoms with Crippen LogP contribution in [0.1, 0.15) is 34.7 Å². The number of carbonyl (C=O) groups is 1. The highest BCUT2D eigenvalue weighted by Crippen LogP contribution is 2.40. The van der Waals surface area contributed by atoms with Gasteiger partial charge >= 0.3 is 6.03 Å². The molecule has 1 heterocycles. The van der Waals surface area contributed by atoms with Crippen LogP contribution in [0, 0.1) is 5.82 Å². The normalized spacial score (nSPS) is 19.4. The molecule has 122 valence electrons. The first-order valence-corrected chi connectivity index (χ1v) is 8.59. The number of hydrogen-bond acceptors (Lipinski definition) is 3. The second kappa shape index (κ2) is 6.66. The Balaban J connectivity index is 1.50. The third kappa shape index (κ3) is 3.88. The minimum absolute atomic E-state index is 0.0777. The van der Waals surface area contributed by atoms with Crippen LogP contribution in [0.5, 0.6) is 0 Å². The summed E-state index contributed by atoms with van der Waals surface area (Å²) < 4.78 is 12.9. The molecule has 23 heavy (non-hydrogen) atoms. The molecule has 1 saturated carbocycles. The van der Waals surface area contributed by atoms with Crippen molar-refractivity contribution in [2.24, 2.45) is 0 Å². The van der Waals surface area contributed by atoms with Crippen molar-refractivity contribution in [1.29, 1.82) is 0 Å². The van der Waals surface area contributed by atoms with Gasteiger partial charge in [0.25, 0.3) is 0 Å². The van der Waals surface area contributed by atoms with E-state index in [0.717, 1.165) is 28.3 Å². The van der Waals surface area contributed by atoms with Crippen molar-refractivity contribution >= 4 is 17.4 Å². The molecule has 1 fully saturated rings. The predicted octanol–water partition coefficient (Wildman–Crippen LogP) is 3.54. The fourth-order valence-electron chi connectivity index (χ4n) is 2.59. The molecule has 3 rings (SSSR count). The van der Waals surface area contributed by atoms with E-state index in [1.807, 2.05) is 6.20 Å². The van der Waals surface area contributed by atoms with Crippen molar-refractivity contribution in [1.82, 2.24) is 15.2 Å². The first kappa shape index (κ1) is 15.9. The predicted molar refractivity (Wildman–Crippen MR) is 89.0 cm³/mol. The fourth-order valence-corrected chi connectivity index (χ4v) is 3.51. The van der Waals surface area contributed by atoms with Crippen molar-refractivity contribution in [3.05, 3.63) is 51.7 Å². The summed E-state index contributed by atoms with van der Waals surface area (Å²) in [5, 5.41) is 4.13. The first-order valence-electron chi connectivity index (χ1n) is 7.77. The van der Waals surface area contributed by atoms with Gasteiger partial charge in [-0.2, -0.15) is 0 Å². The van der Waals surface area contributed by atoms with Gasteiger partial charge in [-0.25, -0.2) is 14.2 Å². The number of hydrogen-bond donors (Lipinski definition) is 1. The zero-order chi connectivity index (χ0) is 16.4. The maximum atomic E-state index is 12.9. The van der Waals surface area contributed by atoms with Gasteiger partial charge in [0.1, 0.15) is 5.82 Å².